The fourth-order valence-corrected chi connectivity index (χ4v) is 3.60. The molecule has 1 N–H and O–H groups in total. The Kier molecular flexibility index (Phi) is 6.60. The van der Waals surface area contributed by atoms with Gasteiger partial charge in [0.25, 0.3) is 11.8 Å². The maximum absolute atomic E-state index is 13.2. The molecule has 1 aliphatic heterocycles. The topological polar surface area (TPSA) is 91.8 Å². The van der Waals surface area contributed by atoms with Crippen LogP contribution < -0.4 is 15.0 Å². The van der Waals surface area contributed by atoms with E-state index >= 15 is 0 Å². The van der Waals surface area contributed by atoms with Crippen molar-refractivity contribution in [2.24, 2.45) is 0 Å². The molecule has 36 heavy (non-hydrogen) atoms. The Bertz CT molecular complexity index is 1300. The maximum atomic E-state index is 13.2. The number of anilines is 2. The molecule has 186 valence electrons. The number of pyridine rings is 1. The number of alkyl halides is 3. The summed E-state index contributed by atoms with van der Waals surface area (Å²) in [6.07, 6.45) is -2.05. The minimum Gasteiger partial charge on any atom is -0.406 e. The average Bonchev–Trinajstić information content (AvgIpc) is 3.03. The van der Waals surface area contributed by atoms with Crippen molar-refractivity contribution in [1.29, 1.82) is 0 Å². The third kappa shape index (κ3) is 5.27. The van der Waals surface area contributed by atoms with Crippen molar-refractivity contribution < 1.29 is 36.7 Å². The summed E-state index contributed by atoms with van der Waals surface area (Å²) in [7, 11) is 0. The van der Waals surface area contributed by atoms with Gasteiger partial charge in [-0.1, -0.05) is 0 Å². The van der Waals surface area contributed by atoms with Crippen LogP contribution in [0.1, 0.15) is 22.8 Å². The molecule has 0 aliphatic carbocycles. The molecule has 1 aliphatic rings. The zero-order chi connectivity index (χ0) is 26.0. The van der Waals surface area contributed by atoms with E-state index in [9.17, 15) is 31.9 Å². The van der Waals surface area contributed by atoms with Crippen LogP contribution in [0, 0.1) is 5.82 Å². The first-order valence-corrected chi connectivity index (χ1v) is 10.5. The normalized spacial score (nSPS) is 15.9. The van der Waals surface area contributed by atoms with E-state index in [1.165, 1.54) is 48.5 Å². The zero-order valence-electron chi connectivity index (χ0n) is 18.6. The molecule has 0 bridgehead atoms. The molecule has 4 amide bonds. The van der Waals surface area contributed by atoms with Gasteiger partial charge in [-0.3, -0.25) is 14.6 Å². The Balaban J connectivity index is 1.52. The molecule has 3 aromatic rings. The number of benzene rings is 2. The predicted octanol–water partition coefficient (Wildman–Crippen LogP) is 4.73. The molecule has 12 heteroatoms. The molecule has 0 radical (unpaired) electrons. The second-order valence-electron chi connectivity index (χ2n) is 7.80. The van der Waals surface area contributed by atoms with Crippen molar-refractivity contribution in [3.8, 4) is 5.75 Å². The lowest BCUT2D eigenvalue weighted by atomic mass is 10.1. The molecule has 1 fully saturated rings. The highest BCUT2D eigenvalue weighted by Gasteiger charge is 2.43. The van der Waals surface area contributed by atoms with Gasteiger partial charge in [0.2, 0.25) is 0 Å². The number of ether oxygens (including phenoxy) is 1. The Morgan fingerprint density at radius 2 is 1.72 bits per heavy atom. The van der Waals surface area contributed by atoms with Crippen molar-refractivity contribution in [1.82, 2.24) is 9.88 Å². The zero-order valence-corrected chi connectivity index (χ0v) is 18.6. The molecule has 1 atom stereocenters. The Hall–Kier alpha value is -4.48. The lowest BCUT2D eigenvalue weighted by Gasteiger charge is -2.21. The highest BCUT2D eigenvalue weighted by Crippen LogP contribution is 2.30. The number of carbonyl (C=O) groups excluding carboxylic acids is 3. The molecular formula is C24H18F4N4O4. The lowest BCUT2D eigenvalue weighted by Crippen LogP contribution is -2.33. The monoisotopic (exact) mass is 502 g/mol. The van der Waals surface area contributed by atoms with Gasteiger partial charge in [-0.05, 0) is 67.1 Å². The number of hydrogen-bond donors (Lipinski definition) is 1. The lowest BCUT2D eigenvalue weighted by molar-refractivity contribution is -0.274. The molecule has 8 nitrogen and oxygen atoms in total. The Labute approximate surface area is 202 Å². The van der Waals surface area contributed by atoms with Crippen LogP contribution in [0.15, 0.2) is 67.0 Å². The Morgan fingerprint density at radius 3 is 2.36 bits per heavy atom. The van der Waals surface area contributed by atoms with Crippen LogP contribution in [-0.2, 0) is 11.3 Å². The Morgan fingerprint density at radius 1 is 1.06 bits per heavy atom. The molecular weight excluding hydrogens is 484 g/mol. The maximum Gasteiger partial charge on any atom is 0.573 e. The number of carbonyl (C=O) groups is 3. The number of nitrogens with one attached hydrogen (secondary N) is 1. The van der Waals surface area contributed by atoms with E-state index in [1.54, 1.807) is 6.07 Å². The van der Waals surface area contributed by atoms with Crippen LogP contribution in [0.3, 0.4) is 0 Å². The smallest absolute Gasteiger partial charge is 0.406 e. The van der Waals surface area contributed by atoms with Crippen LogP contribution in [0.4, 0.5) is 33.7 Å². The SMILES string of the molecule is CC1C(=O)N(c2ccc(OC(F)(F)F)cc2)C(=O)N1Cc1ccncc1NC(=O)c1ccc(F)cc1. The number of rotatable bonds is 6. The molecule has 1 saturated heterocycles. The number of hydrogen-bond acceptors (Lipinski definition) is 5. The first kappa shape index (κ1) is 24.6. The number of amides is 4. The van der Waals surface area contributed by atoms with E-state index in [2.05, 4.69) is 15.0 Å². The first-order chi connectivity index (χ1) is 17.0. The number of aromatic nitrogens is 1. The van der Waals surface area contributed by atoms with Crippen molar-refractivity contribution in [3.05, 3.63) is 83.9 Å². The van der Waals surface area contributed by atoms with E-state index < -0.39 is 41.8 Å². The molecule has 4 rings (SSSR count). The number of urea groups is 1. The van der Waals surface area contributed by atoms with Gasteiger partial charge in [-0.25, -0.2) is 14.1 Å². The summed E-state index contributed by atoms with van der Waals surface area (Å²) in [5.41, 5.74) is 1.04. The van der Waals surface area contributed by atoms with E-state index in [1.807, 2.05) is 0 Å². The molecule has 1 aromatic heterocycles. The van der Waals surface area contributed by atoms with Crippen molar-refractivity contribution in [2.75, 3.05) is 10.2 Å². The number of halogens is 4. The van der Waals surface area contributed by atoms with Gasteiger partial charge >= 0.3 is 12.4 Å². The fourth-order valence-electron chi connectivity index (χ4n) is 3.60. The van der Waals surface area contributed by atoms with Gasteiger partial charge in [0.15, 0.2) is 0 Å². The summed E-state index contributed by atoms with van der Waals surface area (Å²) in [5.74, 6) is -2.08. The minimum atomic E-state index is -4.87. The van der Waals surface area contributed by atoms with Crippen molar-refractivity contribution in [3.63, 3.8) is 0 Å². The molecule has 0 spiro atoms. The highest BCUT2D eigenvalue weighted by molar-refractivity contribution is 6.21. The summed E-state index contributed by atoms with van der Waals surface area (Å²) in [6, 6.07) is 9.26. The van der Waals surface area contributed by atoms with Crippen LogP contribution in [0.2, 0.25) is 0 Å². The second kappa shape index (κ2) is 9.64. The summed E-state index contributed by atoms with van der Waals surface area (Å²) < 4.78 is 54.2. The van der Waals surface area contributed by atoms with Crippen LogP contribution >= 0.6 is 0 Å². The molecule has 2 aromatic carbocycles. The molecule has 0 saturated carbocycles. The molecule has 1 unspecified atom stereocenters. The highest BCUT2D eigenvalue weighted by atomic mass is 19.4. The van der Waals surface area contributed by atoms with Crippen LogP contribution in [0.25, 0.3) is 0 Å². The fraction of sp³-hybridized carbons (Fsp3) is 0.167. The van der Waals surface area contributed by atoms with Gasteiger partial charge in [-0.2, -0.15) is 0 Å². The number of imide groups is 1. The first-order valence-electron chi connectivity index (χ1n) is 10.5. The summed E-state index contributed by atoms with van der Waals surface area (Å²) in [6.45, 7) is 1.44. The van der Waals surface area contributed by atoms with E-state index in [4.69, 9.17) is 0 Å². The van der Waals surface area contributed by atoms with E-state index in [-0.39, 0.29) is 23.5 Å². The average molecular weight is 502 g/mol. The quantitative estimate of drug-likeness (QED) is 0.389. The number of nitrogens with zero attached hydrogens (tertiary/aromatic N) is 3. The van der Waals surface area contributed by atoms with Gasteiger partial charge in [0.05, 0.1) is 24.1 Å². The van der Waals surface area contributed by atoms with Gasteiger partial charge in [-0.15, -0.1) is 13.2 Å². The largest absolute Gasteiger partial charge is 0.573 e. The minimum absolute atomic E-state index is 0.0704. The van der Waals surface area contributed by atoms with Gasteiger partial charge in [0, 0.05) is 11.8 Å². The summed E-state index contributed by atoms with van der Waals surface area (Å²) >= 11 is 0. The summed E-state index contributed by atoms with van der Waals surface area (Å²) in [5, 5.41) is 2.66. The second-order valence-corrected chi connectivity index (χ2v) is 7.80. The van der Waals surface area contributed by atoms with Crippen molar-refractivity contribution in [2.45, 2.75) is 25.9 Å². The predicted molar refractivity (Wildman–Crippen MR) is 120 cm³/mol. The van der Waals surface area contributed by atoms with E-state index in [0.717, 1.165) is 29.2 Å². The van der Waals surface area contributed by atoms with Crippen LogP contribution in [-0.4, -0.2) is 40.1 Å². The third-order valence-corrected chi connectivity index (χ3v) is 5.42. The van der Waals surface area contributed by atoms with E-state index in [0.29, 0.717) is 5.56 Å². The standard InChI is InChI=1S/C24H18F4N4O4/c1-14-22(34)32(18-6-8-19(9-7-18)36-24(26,27)28)23(35)31(14)13-16-10-11-29-12-20(16)30-21(33)15-2-4-17(25)5-3-15/h2-12,14H,13H2,1H3,(H,30,33). The van der Waals surface area contributed by atoms with Gasteiger partial charge < -0.3 is 15.0 Å². The molecule has 2 heterocycles. The van der Waals surface area contributed by atoms with Gasteiger partial charge in [0.1, 0.15) is 17.6 Å². The van der Waals surface area contributed by atoms with Crippen LogP contribution in [0.5, 0.6) is 5.75 Å². The van der Waals surface area contributed by atoms with Crippen molar-refractivity contribution >= 4 is 29.2 Å². The third-order valence-electron chi connectivity index (χ3n) is 5.42. The summed E-state index contributed by atoms with van der Waals surface area (Å²) in [4.78, 5) is 44.6.